The van der Waals surface area contributed by atoms with Crippen LogP contribution in [0.3, 0.4) is 0 Å². The zero-order chi connectivity index (χ0) is 10.6. The van der Waals surface area contributed by atoms with Crippen molar-refractivity contribution in [3.05, 3.63) is 0 Å². The molecule has 0 aliphatic carbocycles. The average molecular weight is 197 g/mol. The Hall–Kier alpha value is -1.28. The molecule has 0 rings (SSSR count). The zero-order valence-corrected chi connectivity index (χ0v) is 8.40. The average Bonchev–Trinajstić information content (AvgIpc) is 2.19. The molecule has 0 unspecified atom stereocenters. The molecule has 0 spiro atoms. The smallest absolute Gasteiger partial charge is 0.234 e. The Kier molecular flexibility index (Phi) is 8.91. The van der Waals surface area contributed by atoms with Crippen molar-refractivity contribution in [3.8, 4) is 0 Å². The summed E-state index contributed by atoms with van der Waals surface area (Å²) in [5.41, 5.74) is 0. The largest absolute Gasteiger partial charge is 0.306 e. The molecule has 0 aromatic heterocycles. The van der Waals surface area contributed by atoms with Gasteiger partial charge in [0, 0.05) is 0 Å². The van der Waals surface area contributed by atoms with E-state index in [9.17, 15) is 9.59 Å². The molecule has 0 aromatic rings. The number of aliphatic imine (C=N–C) groups is 2. The van der Waals surface area contributed by atoms with E-state index in [0.29, 0.717) is 13.1 Å². The van der Waals surface area contributed by atoms with Crippen LogP contribution < -0.4 is 0 Å². The third-order valence-corrected chi connectivity index (χ3v) is 1.75. The molecule has 0 heterocycles. The van der Waals surface area contributed by atoms with Gasteiger partial charge < -0.3 is 4.90 Å². The van der Waals surface area contributed by atoms with Crippen molar-refractivity contribution < 1.29 is 9.59 Å². The van der Waals surface area contributed by atoms with Gasteiger partial charge >= 0.3 is 0 Å². The molecule has 0 aliphatic heterocycles. The van der Waals surface area contributed by atoms with Crippen LogP contribution in [0.25, 0.3) is 0 Å². The minimum Gasteiger partial charge on any atom is -0.306 e. The van der Waals surface area contributed by atoms with Crippen LogP contribution in [0.1, 0.15) is 12.8 Å². The van der Waals surface area contributed by atoms with E-state index in [1.165, 1.54) is 12.2 Å². The van der Waals surface area contributed by atoms with Crippen LogP contribution in [-0.2, 0) is 9.59 Å². The van der Waals surface area contributed by atoms with Crippen LogP contribution in [0.2, 0.25) is 0 Å². The Morgan fingerprint density at radius 1 is 1.00 bits per heavy atom. The highest BCUT2D eigenvalue weighted by Gasteiger charge is 1.96. The molecule has 0 saturated carbocycles. The SMILES string of the molecule is CN(CCCN=C=O)CCCN=C=O. The summed E-state index contributed by atoms with van der Waals surface area (Å²) < 4.78 is 0. The van der Waals surface area contributed by atoms with Crippen LogP contribution in [-0.4, -0.2) is 50.3 Å². The number of hydrogen-bond donors (Lipinski definition) is 0. The number of carbonyl (C=O) groups excluding carboxylic acids is 2. The minimum absolute atomic E-state index is 0.528. The number of rotatable bonds is 8. The van der Waals surface area contributed by atoms with E-state index in [4.69, 9.17) is 0 Å². The fourth-order valence-electron chi connectivity index (χ4n) is 1.04. The molecule has 0 saturated heterocycles. The highest BCUT2D eigenvalue weighted by Crippen LogP contribution is 1.91. The second-order valence-corrected chi connectivity index (χ2v) is 2.96. The number of isocyanates is 2. The van der Waals surface area contributed by atoms with Gasteiger partial charge in [0.1, 0.15) is 0 Å². The van der Waals surface area contributed by atoms with E-state index in [-0.39, 0.29) is 0 Å². The van der Waals surface area contributed by atoms with Crippen molar-refractivity contribution in [3.63, 3.8) is 0 Å². The maximum Gasteiger partial charge on any atom is 0.234 e. The van der Waals surface area contributed by atoms with E-state index in [2.05, 4.69) is 14.9 Å². The summed E-state index contributed by atoms with van der Waals surface area (Å²) in [5.74, 6) is 0. The van der Waals surface area contributed by atoms with Crippen molar-refractivity contribution >= 4 is 12.2 Å². The second-order valence-electron chi connectivity index (χ2n) is 2.96. The van der Waals surface area contributed by atoms with Crippen molar-refractivity contribution in [2.45, 2.75) is 12.8 Å². The first-order valence-corrected chi connectivity index (χ1v) is 4.57. The number of nitrogens with zero attached hydrogens (tertiary/aromatic N) is 3. The van der Waals surface area contributed by atoms with E-state index < -0.39 is 0 Å². The molecule has 0 aliphatic rings. The molecule has 78 valence electrons. The van der Waals surface area contributed by atoms with E-state index in [0.717, 1.165) is 25.9 Å². The van der Waals surface area contributed by atoms with Gasteiger partial charge in [-0.05, 0) is 33.0 Å². The first-order chi connectivity index (χ1) is 6.81. The maximum absolute atomic E-state index is 9.74. The third kappa shape index (κ3) is 8.81. The van der Waals surface area contributed by atoms with Gasteiger partial charge in [0.15, 0.2) is 0 Å². The highest BCUT2D eigenvalue weighted by atomic mass is 16.1. The Balaban J connectivity index is 3.31. The molecule has 0 amide bonds. The molecular weight excluding hydrogens is 182 g/mol. The zero-order valence-electron chi connectivity index (χ0n) is 8.40. The van der Waals surface area contributed by atoms with Crippen LogP contribution in [0.5, 0.6) is 0 Å². The normalized spacial score (nSPS) is 9.29. The summed E-state index contributed by atoms with van der Waals surface area (Å²) in [7, 11) is 1.98. The van der Waals surface area contributed by atoms with Crippen LogP contribution in [0.4, 0.5) is 0 Å². The van der Waals surface area contributed by atoms with Crippen LogP contribution >= 0.6 is 0 Å². The maximum atomic E-state index is 9.74. The fourth-order valence-corrected chi connectivity index (χ4v) is 1.04. The summed E-state index contributed by atoms with van der Waals surface area (Å²) in [4.78, 5) is 28.5. The fraction of sp³-hybridized carbons (Fsp3) is 0.778. The lowest BCUT2D eigenvalue weighted by Crippen LogP contribution is -2.22. The van der Waals surface area contributed by atoms with Crippen LogP contribution in [0, 0.1) is 0 Å². The molecular formula is C9H15N3O2. The van der Waals surface area contributed by atoms with Gasteiger partial charge in [0.25, 0.3) is 0 Å². The van der Waals surface area contributed by atoms with Crippen molar-refractivity contribution in [1.82, 2.24) is 4.90 Å². The summed E-state index contributed by atoms with van der Waals surface area (Å²) in [6, 6.07) is 0. The van der Waals surface area contributed by atoms with Crippen molar-refractivity contribution in [2.24, 2.45) is 9.98 Å². The molecule has 5 nitrogen and oxygen atoms in total. The quantitative estimate of drug-likeness (QED) is 0.321. The van der Waals surface area contributed by atoms with Crippen LogP contribution in [0.15, 0.2) is 9.98 Å². The molecule has 14 heavy (non-hydrogen) atoms. The van der Waals surface area contributed by atoms with E-state index >= 15 is 0 Å². The van der Waals surface area contributed by atoms with Gasteiger partial charge in [-0.3, -0.25) is 0 Å². The van der Waals surface area contributed by atoms with Gasteiger partial charge in [-0.1, -0.05) is 0 Å². The lowest BCUT2D eigenvalue weighted by Gasteiger charge is -2.14. The minimum atomic E-state index is 0.528. The highest BCUT2D eigenvalue weighted by molar-refractivity contribution is 5.32. The lowest BCUT2D eigenvalue weighted by atomic mass is 10.3. The van der Waals surface area contributed by atoms with E-state index in [1.807, 2.05) is 7.05 Å². The van der Waals surface area contributed by atoms with Gasteiger partial charge in [-0.15, -0.1) is 0 Å². The monoisotopic (exact) mass is 197 g/mol. The molecule has 0 aromatic carbocycles. The van der Waals surface area contributed by atoms with Gasteiger partial charge in [-0.25, -0.2) is 19.6 Å². The molecule has 0 radical (unpaired) electrons. The Morgan fingerprint density at radius 3 is 1.79 bits per heavy atom. The standard InChI is InChI=1S/C9H15N3O2/c1-12(6-2-4-10-8-13)7-3-5-11-9-14/h2-7H2,1H3. The first kappa shape index (κ1) is 12.7. The summed E-state index contributed by atoms with van der Waals surface area (Å²) in [6.45, 7) is 2.83. The topological polar surface area (TPSA) is 62.1 Å². The molecule has 0 atom stereocenters. The predicted molar refractivity (Wildman–Crippen MR) is 52.7 cm³/mol. The molecule has 0 fully saturated rings. The summed E-state index contributed by atoms with van der Waals surface area (Å²) in [6.07, 6.45) is 4.70. The van der Waals surface area contributed by atoms with Gasteiger partial charge in [0.05, 0.1) is 13.1 Å². The van der Waals surface area contributed by atoms with Crippen molar-refractivity contribution in [1.29, 1.82) is 0 Å². The molecule has 0 bridgehead atoms. The molecule has 5 heteroatoms. The molecule has 0 N–H and O–H groups in total. The Bertz CT molecular complexity index is 206. The van der Waals surface area contributed by atoms with Gasteiger partial charge in [0.2, 0.25) is 12.2 Å². The first-order valence-electron chi connectivity index (χ1n) is 4.57. The predicted octanol–water partition coefficient (Wildman–Crippen LogP) is 0.370. The lowest BCUT2D eigenvalue weighted by molar-refractivity contribution is 0.329. The van der Waals surface area contributed by atoms with E-state index in [1.54, 1.807) is 0 Å². The van der Waals surface area contributed by atoms with Gasteiger partial charge in [-0.2, -0.15) is 0 Å². The Morgan fingerprint density at radius 2 is 1.43 bits per heavy atom. The summed E-state index contributed by atoms with van der Waals surface area (Å²) >= 11 is 0. The summed E-state index contributed by atoms with van der Waals surface area (Å²) in [5, 5.41) is 0. The van der Waals surface area contributed by atoms with Crippen molar-refractivity contribution in [2.75, 3.05) is 33.2 Å². The second kappa shape index (κ2) is 9.81. The third-order valence-electron chi connectivity index (χ3n) is 1.75. The Labute approximate surface area is 83.5 Å². The number of hydrogen-bond acceptors (Lipinski definition) is 5.